The summed E-state index contributed by atoms with van der Waals surface area (Å²) in [6.07, 6.45) is 3.98. The zero-order chi connectivity index (χ0) is 16.8. The van der Waals surface area contributed by atoms with Crippen LogP contribution in [0.3, 0.4) is 0 Å². The molecule has 1 amide bonds. The lowest BCUT2D eigenvalue weighted by atomic mass is 10.0. The predicted octanol–water partition coefficient (Wildman–Crippen LogP) is 3.33. The average Bonchev–Trinajstić information content (AvgIpc) is 3.09. The van der Waals surface area contributed by atoms with Crippen LogP contribution < -0.4 is 5.32 Å². The normalized spacial score (nSPS) is 11.9. The molecular formula is C20H21N3O. The standard InChI is InChI=1S/C20H21N3O/c1-16(18-8-4-2-5-9-18)13-21-20(24)12-17-14-22-23(15-17)19-10-6-3-7-11-19/h2-11,14-16H,12-13H2,1H3,(H,21,24). The Hall–Kier alpha value is -2.88. The van der Waals surface area contributed by atoms with Gasteiger partial charge in [-0.15, -0.1) is 0 Å². The van der Waals surface area contributed by atoms with Gasteiger partial charge in [0.25, 0.3) is 0 Å². The molecule has 4 heteroatoms. The van der Waals surface area contributed by atoms with Gasteiger partial charge in [-0.25, -0.2) is 4.68 Å². The van der Waals surface area contributed by atoms with Crippen LogP contribution in [0.1, 0.15) is 24.0 Å². The van der Waals surface area contributed by atoms with Gasteiger partial charge < -0.3 is 5.32 Å². The van der Waals surface area contributed by atoms with E-state index < -0.39 is 0 Å². The SMILES string of the molecule is CC(CNC(=O)Cc1cnn(-c2ccccc2)c1)c1ccccc1. The van der Waals surface area contributed by atoms with Crippen molar-refractivity contribution in [1.82, 2.24) is 15.1 Å². The van der Waals surface area contributed by atoms with Gasteiger partial charge in [0.15, 0.2) is 0 Å². The van der Waals surface area contributed by atoms with E-state index in [1.807, 2.05) is 54.7 Å². The summed E-state index contributed by atoms with van der Waals surface area (Å²) in [5, 5.41) is 7.32. The fourth-order valence-electron chi connectivity index (χ4n) is 2.59. The Bertz CT molecular complexity index is 781. The Labute approximate surface area is 142 Å². The first-order chi connectivity index (χ1) is 11.7. The van der Waals surface area contributed by atoms with Gasteiger partial charge in [-0.3, -0.25) is 4.79 Å². The van der Waals surface area contributed by atoms with Crippen LogP contribution in [0.15, 0.2) is 73.1 Å². The maximum atomic E-state index is 12.1. The van der Waals surface area contributed by atoms with E-state index in [2.05, 4.69) is 29.5 Å². The van der Waals surface area contributed by atoms with Crippen LogP contribution in [0.5, 0.6) is 0 Å². The molecule has 0 spiro atoms. The van der Waals surface area contributed by atoms with E-state index in [1.165, 1.54) is 5.56 Å². The van der Waals surface area contributed by atoms with Gasteiger partial charge in [0.2, 0.25) is 5.91 Å². The van der Waals surface area contributed by atoms with Crippen molar-refractivity contribution >= 4 is 5.91 Å². The van der Waals surface area contributed by atoms with E-state index in [9.17, 15) is 4.79 Å². The molecule has 0 radical (unpaired) electrons. The van der Waals surface area contributed by atoms with Crippen molar-refractivity contribution in [2.24, 2.45) is 0 Å². The first-order valence-corrected chi connectivity index (χ1v) is 8.13. The smallest absolute Gasteiger partial charge is 0.224 e. The number of aromatic nitrogens is 2. The number of rotatable bonds is 6. The lowest BCUT2D eigenvalue weighted by Crippen LogP contribution is -2.28. The molecule has 4 nitrogen and oxygen atoms in total. The first-order valence-electron chi connectivity index (χ1n) is 8.13. The molecule has 0 fully saturated rings. The second-order valence-corrected chi connectivity index (χ2v) is 5.92. The Kier molecular flexibility index (Phi) is 5.06. The summed E-state index contributed by atoms with van der Waals surface area (Å²) >= 11 is 0. The second kappa shape index (κ2) is 7.59. The maximum absolute atomic E-state index is 12.1. The van der Waals surface area contributed by atoms with Crippen LogP contribution in [0, 0.1) is 0 Å². The predicted molar refractivity (Wildman–Crippen MR) is 95.1 cm³/mol. The lowest BCUT2D eigenvalue weighted by molar-refractivity contribution is -0.120. The van der Waals surface area contributed by atoms with E-state index in [0.29, 0.717) is 18.9 Å². The maximum Gasteiger partial charge on any atom is 0.224 e. The quantitative estimate of drug-likeness (QED) is 0.757. The zero-order valence-corrected chi connectivity index (χ0v) is 13.7. The highest BCUT2D eigenvalue weighted by molar-refractivity contribution is 5.78. The van der Waals surface area contributed by atoms with E-state index >= 15 is 0 Å². The molecule has 1 heterocycles. The summed E-state index contributed by atoms with van der Waals surface area (Å²) in [7, 11) is 0. The topological polar surface area (TPSA) is 46.9 Å². The number of nitrogens with zero attached hydrogens (tertiary/aromatic N) is 2. The van der Waals surface area contributed by atoms with Crippen molar-refractivity contribution < 1.29 is 4.79 Å². The Morgan fingerprint density at radius 2 is 1.75 bits per heavy atom. The van der Waals surface area contributed by atoms with Gasteiger partial charge in [0.1, 0.15) is 0 Å². The molecule has 3 rings (SSSR count). The lowest BCUT2D eigenvalue weighted by Gasteiger charge is -2.12. The molecule has 0 aliphatic rings. The molecule has 1 aromatic heterocycles. The number of benzene rings is 2. The highest BCUT2D eigenvalue weighted by Crippen LogP contribution is 2.13. The number of para-hydroxylation sites is 1. The highest BCUT2D eigenvalue weighted by atomic mass is 16.1. The minimum absolute atomic E-state index is 0.0189. The van der Waals surface area contributed by atoms with Crippen LogP contribution in [0.4, 0.5) is 0 Å². The monoisotopic (exact) mass is 319 g/mol. The largest absolute Gasteiger partial charge is 0.355 e. The van der Waals surface area contributed by atoms with Gasteiger partial charge in [0.05, 0.1) is 18.3 Å². The molecule has 2 aromatic carbocycles. The first kappa shape index (κ1) is 16.0. The van der Waals surface area contributed by atoms with Crippen molar-refractivity contribution in [3.8, 4) is 5.69 Å². The van der Waals surface area contributed by atoms with E-state index in [4.69, 9.17) is 0 Å². The summed E-state index contributed by atoms with van der Waals surface area (Å²) in [6, 6.07) is 20.1. The van der Waals surface area contributed by atoms with E-state index in [1.54, 1.807) is 10.9 Å². The summed E-state index contributed by atoms with van der Waals surface area (Å²) in [4.78, 5) is 12.1. The number of amides is 1. The van der Waals surface area contributed by atoms with Crippen molar-refractivity contribution in [3.05, 3.63) is 84.2 Å². The Morgan fingerprint density at radius 1 is 1.08 bits per heavy atom. The van der Waals surface area contributed by atoms with Crippen LogP contribution in [-0.2, 0) is 11.2 Å². The highest BCUT2D eigenvalue weighted by Gasteiger charge is 2.09. The van der Waals surface area contributed by atoms with Crippen molar-refractivity contribution in [2.75, 3.05) is 6.54 Å². The van der Waals surface area contributed by atoms with Gasteiger partial charge in [-0.05, 0) is 29.2 Å². The molecule has 0 aliphatic carbocycles. The average molecular weight is 319 g/mol. The summed E-state index contributed by atoms with van der Waals surface area (Å²) < 4.78 is 1.79. The summed E-state index contributed by atoms with van der Waals surface area (Å²) in [6.45, 7) is 2.75. The number of carbonyl (C=O) groups is 1. The molecule has 1 N–H and O–H groups in total. The van der Waals surface area contributed by atoms with Crippen molar-refractivity contribution in [3.63, 3.8) is 0 Å². The van der Waals surface area contributed by atoms with Gasteiger partial charge in [-0.1, -0.05) is 55.5 Å². The van der Waals surface area contributed by atoms with E-state index in [-0.39, 0.29) is 5.91 Å². The third-order valence-corrected chi connectivity index (χ3v) is 4.00. The van der Waals surface area contributed by atoms with E-state index in [0.717, 1.165) is 11.3 Å². The Morgan fingerprint density at radius 3 is 2.46 bits per heavy atom. The minimum Gasteiger partial charge on any atom is -0.355 e. The van der Waals surface area contributed by atoms with Crippen molar-refractivity contribution in [1.29, 1.82) is 0 Å². The third-order valence-electron chi connectivity index (χ3n) is 4.00. The molecule has 0 saturated carbocycles. The fraction of sp³-hybridized carbons (Fsp3) is 0.200. The minimum atomic E-state index is 0.0189. The molecule has 1 unspecified atom stereocenters. The number of hydrogen-bond donors (Lipinski definition) is 1. The van der Waals surface area contributed by atoms with Crippen LogP contribution >= 0.6 is 0 Å². The second-order valence-electron chi connectivity index (χ2n) is 5.92. The summed E-state index contributed by atoms with van der Waals surface area (Å²) in [5.74, 6) is 0.313. The van der Waals surface area contributed by atoms with Gasteiger partial charge in [0, 0.05) is 12.7 Å². The third kappa shape index (κ3) is 4.10. The van der Waals surface area contributed by atoms with Crippen molar-refractivity contribution in [2.45, 2.75) is 19.3 Å². The molecule has 1 atom stereocenters. The molecule has 0 bridgehead atoms. The molecule has 24 heavy (non-hydrogen) atoms. The van der Waals surface area contributed by atoms with Gasteiger partial charge >= 0.3 is 0 Å². The Balaban J connectivity index is 1.53. The van der Waals surface area contributed by atoms with Crippen LogP contribution in [0.25, 0.3) is 5.69 Å². The number of hydrogen-bond acceptors (Lipinski definition) is 2. The molecular weight excluding hydrogens is 298 g/mol. The number of nitrogens with one attached hydrogen (secondary N) is 1. The molecule has 0 saturated heterocycles. The summed E-state index contributed by atoms with van der Waals surface area (Å²) in [5.41, 5.74) is 3.13. The molecule has 0 aliphatic heterocycles. The zero-order valence-electron chi connectivity index (χ0n) is 13.7. The van der Waals surface area contributed by atoms with Crippen LogP contribution in [-0.4, -0.2) is 22.2 Å². The fourth-order valence-corrected chi connectivity index (χ4v) is 2.59. The van der Waals surface area contributed by atoms with Gasteiger partial charge in [-0.2, -0.15) is 5.10 Å². The number of carbonyl (C=O) groups excluding carboxylic acids is 1. The molecule has 122 valence electrons. The van der Waals surface area contributed by atoms with Crippen LogP contribution in [0.2, 0.25) is 0 Å². The molecule has 3 aromatic rings.